The zero-order chi connectivity index (χ0) is 20.4. The van der Waals surface area contributed by atoms with Crippen molar-refractivity contribution < 1.29 is 44.4 Å². The predicted molar refractivity (Wildman–Crippen MR) is 83.5 cm³/mol. The molecule has 26 heavy (non-hydrogen) atoms. The highest BCUT2D eigenvalue weighted by molar-refractivity contribution is 5.93. The quantitative estimate of drug-likeness (QED) is 0.171. The van der Waals surface area contributed by atoms with Crippen LogP contribution in [0.4, 0.5) is 0 Å². The normalized spacial score (nSPS) is 15.1. The van der Waals surface area contributed by atoms with Crippen molar-refractivity contribution in [1.82, 2.24) is 16.0 Å². The van der Waals surface area contributed by atoms with Crippen molar-refractivity contribution in [2.45, 2.75) is 37.6 Å². The van der Waals surface area contributed by atoms with Crippen molar-refractivity contribution in [3.05, 3.63) is 0 Å². The lowest BCUT2D eigenvalue weighted by Crippen LogP contribution is -2.57. The molecule has 0 rings (SSSR count). The second-order valence-corrected chi connectivity index (χ2v) is 5.29. The van der Waals surface area contributed by atoms with Gasteiger partial charge in [-0.2, -0.15) is 0 Å². The standard InChI is InChI=1S/C13H22N4O9/c1-5(19)10(13(25)26)17-12(24)7(4-18)16-8(20)3-15-11(23)6(14)2-9(21)22/h5-7,10,18-19H,2-4,14H2,1H3,(H,15,23)(H,16,20)(H,17,24)(H,21,22)(H,25,26). The number of nitrogens with one attached hydrogen (secondary N) is 3. The number of carboxylic acids is 2. The summed E-state index contributed by atoms with van der Waals surface area (Å²) in [4.78, 5) is 56.3. The van der Waals surface area contributed by atoms with E-state index in [0.717, 1.165) is 6.92 Å². The van der Waals surface area contributed by atoms with Gasteiger partial charge in [-0.15, -0.1) is 0 Å². The number of carboxylic acid groups (broad SMARTS) is 2. The molecule has 4 unspecified atom stereocenters. The molecule has 0 saturated carbocycles. The second kappa shape index (κ2) is 11.0. The maximum absolute atomic E-state index is 11.9. The van der Waals surface area contributed by atoms with Crippen LogP contribution in [0.15, 0.2) is 0 Å². The Bertz CT molecular complexity index is 552. The number of carbonyl (C=O) groups excluding carboxylic acids is 3. The van der Waals surface area contributed by atoms with E-state index in [9.17, 15) is 29.1 Å². The Labute approximate surface area is 147 Å². The van der Waals surface area contributed by atoms with Gasteiger partial charge in [0.05, 0.1) is 31.7 Å². The van der Waals surface area contributed by atoms with Crippen molar-refractivity contribution in [3.63, 3.8) is 0 Å². The summed E-state index contributed by atoms with van der Waals surface area (Å²) in [5, 5.41) is 41.8. The van der Waals surface area contributed by atoms with E-state index in [1.165, 1.54) is 0 Å². The van der Waals surface area contributed by atoms with E-state index in [0.29, 0.717) is 0 Å². The van der Waals surface area contributed by atoms with Crippen molar-refractivity contribution in [2.75, 3.05) is 13.2 Å². The number of aliphatic hydroxyl groups excluding tert-OH is 2. The average Bonchev–Trinajstić information content (AvgIpc) is 2.53. The van der Waals surface area contributed by atoms with E-state index >= 15 is 0 Å². The summed E-state index contributed by atoms with van der Waals surface area (Å²) in [6.45, 7) is -0.410. The van der Waals surface area contributed by atoms with Gasteiger partial charge < -0.3 is 42.1 Å². The highest BCUT2D eigenvalue weighted by atomic mass is 16.4. The molecular formula is C13H22N4O9. The van der Waals surface area contributed by atoms with E-state index in [2.05, 4.69) is 0 Å². The first-order chi connectivity index (χ1) is 12.0. The Morgan fingerprint density at radius 1 is 1.04 bits per heavy atom. The Morgan fingerprint density at radius 3 is 2.04 bits per heavy atom. The zero-order valence-electron chi connectivity index (χ0n) is 13.8. The summed E-state index contributed by atoms with van der Waals surface area (Å²) < 4.78 is 0. The first kappa shape index (κ1) is 23.2. The van der Waals surface area contributed by atoms with Gasteiger partial charge >= 0.3 is 11.9 Å². The monoisotopic (exact) mass is 378 g/mol. The molecule has 0 saturated heterocycles. The minimum Gasteiger partial charge on any atom is -0.481 e. The number of rotatable bonds is 11. The van der Waals surface area contributed by atoms with Gasteiger partial charge in [-0.25, -0.2) is 4.79 Å². The van der Waals surface area contributed by atoms with Gasteiger partial charge in [0.15, 0.2) is 6.04 Å². The molecule has 13 heteroatoms. The second-order valence-electron chi connectivity index (χ2n) is 5.29. The fraction of sp³-hybridized carbons (Fsp3) is 0.615. The third-order valence-electron chi connectivity index (χ3n) is 3.03. The minimum atomic E-state index is -1.65. The van der Waals surface area contributed by atoms with Crippen LogP contribution in [0, 0.1) is 0 Å². The molecule has 0 aliphatic carbocycles. The van der Waals surface area contributed by atoms with Crippen LogP contribution in [0.3, 0.4) is 0 Å². The van der Waals surface area contributed by atoms with E-state index in [4.69, 9.17) is 21.1 Å². The molecule has 148 valence electrons. The molecule has 0 aromatic rings. The van der Waals surface area contributed by atoms with E-state index < -0.39 is 73.5 Å². The van der Waals surface area contributed by atoms with Gasteiger partial charge in [-0.1, -0.05) is 0 Å². The summed E-state index contributed by atoms with van der Waals surface area (Å²) in [5.74, 6) is -5.72. The topological polar surface area (TPSA) is 228 Å². The number of hydrogen-bond acceptors (Lipinski definition) is 8. The zero-order valence-corrected chi connectivity index (χ0v) is 13.8. The molecule has 4 atom stereocenters. The lowest BCUT2D eigenvalue weighted by Gasteiger charge is -2.21. The van der Waals surface area contributed by atoms with Gasteiger partial charge in [0.2, 0.25) is 17.7 Å². The molecule has 0 heterocycles. The fourth-order valence-electron chi connectivity index (χ4n) is 1.66. The van der Waals surface area contributed by atoms with Crippen molar-refractivity contribution >= 4 is 29.7 Å². The summed E-state index contributed by atoms with van der Waals surface area (Å²) in [7, 11) is 0. The molecule has 0 aromatic carbocycles. The Balaban J connectivity index is 4.59. The highest BCUT2D eigenvalue weighted by Crippen LogP contribution is 1.95. The summed E-state index contributed by atoms with van der Waals surface area (Å²) in [5.41, 5.74) is 5.28. The molecule has 0 aromatic heterocycles. The molecule has 0 fully saturated rings. The van der Waals surface area contributed by atoms with E-state index in [1.807, 2.05) is 16.0 Å². The Kier molecular flexibility index (Phi) is 9.80. The number of aliphatic hydroxyl groups is 2. The number of carbonyl (C=O) groups is 5. The largest absolute Gasteiger partial charge is 0.481 e. The number of aliphatic carboxylic acids is 2. The lowest BCUT2D eigenvalue weighted by atomic mass is 10.1. The SMILES string of the molecule is CC(O)C(NC(=O)C(CO)NC(=O)CNC(=O)C(N)CC(=O)O)C(=O)O. The van der Waals surface area contributed by atoms with Crippen LogP contribution in [0.1, 0.15) is 13.3 Å². The average molecular weight is 378 g/mol. The van der Waals surface area contributed by atoms with E-state index in [-0.39, 0.29) is 0 Å². The lowest BCUT2D eigenvalue weighted by molar-refractivity contribution is -0.145. The third-order valence-corrected chi connectivity index (χ3v) is 3.03. The van der Waals surface area contributed by atoms with Crippen LogP contribution in [0.25, 0.3) is 0 Å². The summed E-state index contributed by atoms with van der Waals surface area (Å²) in [6.07, 6.45) is -2.08. The summed E-state index contributed by atoms with van der Waals surface area (Å²) >= 11 is 0. The van der Waals surface area contributed by atoms with Gasteiger partial charge in [0.25, 0.3) is 0 Å². The predicted octanol–water partition coefficient (Wildman–Crippen LogP) is -4.67. The Hall–Kier alpha value is -2.77. The molecule has 0 bridgehead atoms. The number of amides is 3. The molecule has 13 nitrogen and oxygen atoms in total. The van der Waals surface area contributed by atoms with Gasteiger partial charge in [0, 0.05) is 0 Å². The molecule has 3 amide bonds. The van der Waals surface area contributed by atoms with Gasteiger partial charge in [-0.3, -0.25) is 19.2 Å². The molecule has 0 spiro atoms. The third kappa shape index (κ3) is 8.36. The van der Waals surface area contributed by atoms with Crippen molar-refractivity contribution in [2.24, 2.45) is 5.73 Å². The number of nitrogens with two attached hydrogens (primary N) is 1. The smallest absolute Gasteiger partial charge is 0.328 e. The molecule has 0 aliphatic heterocycles. The first-order valence-corrected chi connectivity index (χ1v) is 7.36. The van der Waals surface area contributed by atoms with Crippen molar-refractivity contribution in [1.29, 1.82) is 0 Å². The minimum absolute atomic E-state index is 0.648. The maximum atomic E-state index is 11.9. The van der Waals surface area contributed by atoms with Crippen LogP contribution in [-0.4, -0.2) is 87.5 Å². The van der Waals surface area contributed by atoms with Crippen LogP contribution < -0.4 is 21.7 Å². The molecule has 9 N–H and O–H groups in total. The highest BCUT2D eigenvalue weighted by Gasteiger charge is 2.29. The molecule has 0 aliphatic rings. The van der Waals surface area contributed by atoms with Crippen LogP contribution >= 0.6 is 0 Å². The van der Waals surface area contributed by atoms with Crippen LogP contribution in [0.5, 0.6) is 0 Å². The maximum Gasteiger partial charge on any atom is 0.328 e. The van der Waals surface area contributed by atoms with Gasteiger partial charge in [-0.05, 0) is 6.92 Å². The fourth-order valence-corrected chi connectivity index (χ4v) is 1.66. The number of hydrogen-bond donors (Lipinski definition) is 8. The van der Waals surface area contributed by atoms with Crippen molar-refractivity contribution in [3.8, 4) is 0 Å². The van der Waals surface area contributed by atoms with Gasteiger partial charge in [0.1, 0.15) is 6.04 Å². The summed E-state index contributed by atoms with van der Waals surface area (Å²) in [6, 6.07) is -4.56. The molecule has 0 radical (unpaired) electrons. The molecular weight excluding hydrogens is 356 g/mol. The van der Waals surface area contributed by atoms with E-state index in [1.54, 1.807) is 0 Å². The van der Waals surface area contributed by atoms with Crippen LogP contribution in [-0.2, 0) is 24.0 Å². The van der Waals surface area contributed by atoms with Crippen LogP contribution in [0.2, 0.25) is 0 Å². The first-order valence-electron chi connectivity index (χ1n) is 7.36. The Morgan fingerprint density at radius 2 is 1.62 bits per heavy atom.